The van der Waals surface area contributed by atoms with Crippen LogP contribution in [0.5, 0.6) is 0 Å². The lowest BCUT2D eigenvalue weighted by atomic mass is 10.2. The minimum atomic E-state index is -1.30. The molecule has 1 saturated heterocycles. The molecule has 1 aliphatic heterocycles. The van der Waals surface area contributed by atoms with Gasteiger partial charge in [-0.1, -0.05) is 0 Å². The van der Waals surface area contributed by atoms with Crippen molar-refractivity contribution < 1.29 is 50.1 Å². The van der Waals surface area contributed by atoms with Gasteiger partial charge in [-0.25, -0.2) is 0 Å². The molecule has 0 aromatic carbocycles. The van der Waals surface area contributed by atoms with Crippen LogP contribution in [0.4, 0.5) is 0 Å². The second-order valence-electron chi connectivity index (χ2n) is 8.37. The zero-order valence-corrected chi connectivity index (χ0v) is 19.4. The van der Waals surface area contributed by atoms with Crippen molar-refractivity contribution in [3.8, 4) is 0 Å². The molecule has 4 atom stereocenters. The van der Waals surface area contributed by atoms with Crippen molar-refractivity contribution in [3.05, 3.63) is 0 Å². The molecule has 1 fully saturated rings. The minimum absolute atomic E-state index is 0.0302. The maximum Gasteiger partial charge on any atom is 0.323 e. The zero-order chi connectivity index (χ0) is 25.8. The fraction of sp³-hybridized carbons (Fsp3) is 0.850. The summed E-state index contributed by atoms with van der Waals surface area (Å²) < 4.78 is 0. The van der Waals surface area contributed by atoms with Crippen LogP contribution >= 0.6 is 0 Å². The molecule has 0 aliphatic carbocycles. The fourth-order valence-electron chi connectivity index (χ4n) is 4.04. The molecule has 7 N–H and O–H groups in total. The summed E-state index contributed by atoms with van der Waals surface area (Å²) in [5.74, 6) is -3.76. The Hall–Kier alpha value is -1.91. The molecule has 0 amide bonds. The molecule has 4 unspecified atom stereocenters. The zero-order valence-electron chi connectivity index (χ0n) is 19.4. The maximum absolute atomic E-state index is 11.7. The van der Waals surface area contributed by atoms with Crippen molar-refractivity contribution in [3.63, 3.8) is 0 Å². The average Bonchev–Trinajstić information content (AvgIpc) is 2.74. The Bertz CT molecular complexity index is 615. The number of rotatable bonds is 11. The van der Waals surface area contributed by atoms with E-state index in [1.54, 1.807) is 6.92 Å². The van der Waals surface area contributed by atoms with Crippen LogP contribution in [0, 0.1) is 0 Å². The molecule has 0 aromatic heterocycles. The Morgan fingerprint density at radius 2 is 0.882 bits per heavy atom. The molecular weight excluding hydrogens is 456 g/mol. The highest BCUT2D eigenvalue weighted by atomic mass is 16.4. The summed E-state index contributed by atoms with van der Waals surface area (Å²) in [6.07, 6.45) is -0.701. The fourth-order valence-corrected chi connectivity index (χ4v) is 4.04. The van der Waals surface area contributed by atoms with Gasteiger partial charge in [-0.2, -0.15) is 0 Å². The Kier molecular flexibility index (Phi) is 13.4. The predicted molar refractivity (Wildman–Crippen MR) is 118 cm³/mol. The monoisotopic (exact) mass is 494 g/mol. The molecule has 14 heteroatoms. The summed E-state index contributed by atoms with van der Waals surface area (Å²) in [5, 5.41) is 67.3. The van der Waals surface area contributed by atoms with E-state index in [4.69, 9.17) is 0 Å². The van der Waals surface area contributed by atoms with Gasteiger partial charge in [0.15, 0.2) is 0 Å². The number of carboxylic acids is 3. The Morgan fingerprint density at radius 3 is 1.09 bits per heavy atom. The van der Waals surface area contributed by atoms with Gasteiger partial charge >= 0.3 is 17.9 Å². The molecule has 34 heavy (non-hydrogen) atoms. The first-order chi connectivity index (χ1) is 16.0. The van der Waals surface area contributed by atoms with E-state index in [0.29, 0.717) is 13.1 Å². The van der Waals surface area contributed by atoms with E-state index in [1.807, 2.05) is 4.90 Å². The van der Waals surface area contributed by atoms with Crippen LogP contribution < -0.4 is 0 Å². The van der Waals surface area contributed by atoms with Gasteiger partial charge in [0.1, 0.15) is 18.1 Å². The average molecular weight is 495 g/mol. The minimum Gasteiger partial charge on any atom is -0.480 e. The van der Waals surface area contributed by atoms with Crippen LogP contribution in [-0.4, -0.2) is 176 Å². The second kappa shape index (κ2) is 15.2. The molecule has 14 nitrogen and oxygen atoms in total. The largest absolute Gasteiger partial charge is 0.480 e. The number of aliphatic carboxylic acids is 3. The van der Waals surface area contributed by atoms with Crippen LogP contribution in [-0.2, 0) is 14.4 Å². The van der Waals surface area contributed by atoms with Crippen molar-refractivity contribution >= 4 is 17.9 Å². The standard InChI is InChI=1S/C20H38N4O10/c1-14(28)10-21-2-4-22(15(11-25)18(29)30)6-8-24(17(13-27)20(33)34)9-7-23(5-3-21)16(12-26)19(31)32/h14-17,25-28H,2-13H2,1H3,(H,29,30)(H,31,32)(H,33,34). The van der Waals surface area contributed by atoms with E-state index in [0.717, 1.165) is 0 Å². The first-order valence-electron chi connectivity index (χ1n) is 11.2. The van der Waals surface area contributed by atoms with E-state index < -0.39 is 62.0 Å². The van der Waals surface area contributed by atoms with Gasteiger partial charge in [0, 0.05) is 58.9 Å². The number of hydrogen-bond acceptors (Lipinski definition) is 11. The quantitative estimate of drug-likeness (QED) is 0.146. The normalized spacial score (nSPS) is 22.1. The number of β-amino-alcohol motifs (C(OH)–C–C–N with tert-alkyl or cyclic N) is 1. The highest BCUT2D eigenvalue weighted by molar-refractivity contribution is 5.74. The van der Waals surface area contributed by atoms with E-state index >= 15 is 0 Å². The Balaban J connectivity index is 3.27. The predicted octanol–water partition coefficient (Wildman–Crippen LogP) is -4.07. The highest BCUT2D eigenvalue weighted by Gasteiger charge is 2.32. The molecule has 0 bridgehead atoms. The Labute approximate surface area is 198 Å². The number of aliphatic hydroxyl groups excluding tert-OH is 4. The number of carbonyl (C=O) groups is 3. The van der Waals surface area contributed by atoms with Crippen molar-refractivity contribution in [2.45, 2.75) is 31.2 Å². The van der Waals surface area contributed by atoms with Crippen molar-refractivity contribution in [2.24, 2.45) is 0 Å². The maximum atomic E-state index is 11.7. The van der Waals surface area contributed by atoms with Gasteiger partial charge in [-0.15, -0.1) is 0 Å². The molecule has 0 radical (unpaired) electrons. The molecule has 0 spiro atoms. The van der Waals surface area contributed by atoms with Crippen LogP contribution in [0.2, 0.25) is 0 Å². The van der Waals surface area contributed by atoms with Gasteiger partial charge < -0.3 is 35.7 Å². The molecule has 198 valence electrons. The van der Waals surface area contributed by atoms with E-state index in [9.17, 15) is 50.1 Å². The Morgan fingerprint density at radius 1 is 0.618 bits per heavy atom. The lowest BCUT2D eigenvalue weighted by molar-refractivity contribution is -0.148. The lowest BCUT2D eigenvalue weighted by Gasteiger charge is -2.38. The lowest BCUT2D eigenvalue weighted by Crippen LogP contribution is -2.56. The summed E-state index contributed by atoms with van der Waals surface area (Å²) in [5.41, 5.74) is 0. The van der Waals surface area contributed by atoms with Gasteiger partial charge in [0.2, 0.25) is 0 Å². The van der Waals surface area contributed by atoms with Crippen molar-refractivity contribution in [1.29, 1.82) is 0 Å². The van der Waals surface area contributed by atoms with Crippen LogP contribution in [0.25, 0.3) is 0 Å². The highest BCUT2D eigenvalue weighted by Crippen LogP contribution is 2.10. The van der Waals surface area contributed by atoms with Crippen LogP contribution in [0.3, 0.4) is 0 Å². The molecule has 1 rings (SSSR count). The molecular formula is C20H38N4O10. The topological polar surface area (TPSA) is 206 Å². The van der Waals surface area contributed by atoms with Gasteiger partial charge in [0.05, 0.1) is 25.9 Å². The first-order valence-corrected chi connectivity index (χ1v) is 11.2. The van der Waals surface area contributed by atoms with Crippen LogP contribution in [0.1, 0.15) is 6.92 Å². The van der Waals surface area contributed by atoms with Crippen molar-refractivity contribution in [2.75, 3.05) is 78.7 Å². The third kappa shape index (κ3) is 9.38. The summed E-state index contributed by atoms with van der Waals surface area (Å²) in [6.45, 7) is 0.944. The molecule has 1 heterocycles. The van der Waals surface area contributed by atoms with Crippen molar-refractivity contribution in [1.82, 2.24) is 19.6 Å². The van der Waals surface area contributed by atoms with Gasteiger partial charge in [-0.3, -0.25) is 34.0 Å². The number of aliphatic hydroxyl groups is 4. The number of nitrogens with zero attached hydrogens (tertiary/aromatic N) is 4. The number of carboxylic acid groups (broad SMARTS) is 3. The molecule has 0 aromatic rings. The summed E-state index contributed by atoms with van der Waals surface area (Å²) in [6, 6.07) is -3.75. The smallest absolute Gasteiger partial charge is 0.323 e. The van der Waals surface area contributed by atoms with E-state index in [1.165, 1.54) is 14.7 Å². The van der Waals surface area contributed by atoms with Gasteiger partial charge in [0.25, 0.3) is 0 Å². The SMILES string of the molecule is CC(O)CN1CCN(C(CO)C(=O)O)CCN(C(CO)C(=O)O)CCN(C(CO)C(=O)O)CC1. The number of hydrogen-bond donors (Lipinski definition) is 7. The van der Waals surface area contributed by atoms with E-state index in [2.05, 4.69) is 0 Å². The van der Waals surface area contributed by atoms with Crippen LogP contribution in [0.15, 0.2) is 0 Å². The molecule has 1 aliphatic rings. The second-order valence-corrected chi connectivity index (χ2v) is 8.37. The van der Waals surface area contributed by atoms with E-state index in [-0.39, 0.29) is 45.8 Å². The third-order valence-corrected chi connectivity index (χ3v) is 5.97. The summed E-state index contributed by atoms with van der Waals surface area (Å²) >= 11 is 0. The first kappa shape index (κ1) is 30.1. The third-order valence-electron chi connectivity index (χ3n) is 5.97. The summed E-state index contributed by atoms with van der Waals surface area (Å²) in [7, 11) is 0. The van der Waals surface area contributed by atoms with Gasteiger partial charge in [-0.05, 0) is 6.92 Å². The molecule has 0 saturated carbocycles. The summed E-state index contributed by atoms with van der Waals surface area (Å²) in [4.78, 5) is 41.3.